The van der Waals surface area contributed by atoms with Crippen LogP contribution in [0.1, 0.15) is 17.3 Å². The minimum absolute atomic E-state index is 0.0538. The van der Waals surface area contributed by atoms with Crippen molar-refractivity contribution in [3.05, 3.63) is 17.7 Å². The Labute approximate surface area is 107 Å². The van der Waals surface area contributed by atoms with Crippen molar-refractivity contribution in [3.8, 4) is 17.2 Å². The fraction of sp³-hybridized carbons (Fsp3) is 0.462. The first-order chi connectivity index (χ1) is 8.69. The summed E-state index contributed by atoms with van der Waals surface area (Å²) in [6.07, 6.45) is 0. The normalized spacial score (nSPS) is 10.0. The first kappa shape index (κ1) is 14.3. The maximum Gasteiger partial charge on any atom is 0.204 e. The molecule has 0 bridgehead atoms. The minimum atomic E-state index is -0.0538. The molecule has 0 saturated carbocycles. The lowest BCUT2D eigenvalue weighted by molar-refractivity contribution is 0.0989. The van der Waals surface area contributed by atoms with E-state index in [1.807, 2.05) is 6.92 Å². The number of carbonyl (C=O) groups is 1. The van der Waals surface area contributed by atoms with Gasteiger partial charge in [0.15, 0.2) is 17.3 Å². The summed E-state index contributed by atoms with van der Waals surface area (Å²) in [5.74, 6) is 1.37. The van der Waals surface area contributed by atoms with Gasteiger partial charge >= 0.3 is 0 Å². The Morgan fingerprint density at radius 1 is 1.22 bits per heavy atom. The van der Waals surface area contributed by atoms with Gasteiger partial charge in [-0.1, -0.05) is 0 Å². The molecule has 0 aliphatic heterocycles. The highest BCUT2D eigenvalue weighted by molar-refractivity contribution is 6.01. The number of carbonyl (C=O) groups excluding carboxylic acids is 1. The van der Waals surface area contributed by atoms with E-state index in [1.165, 1.54) is 7.11 Å². The topological polar surface area (TPSA) is 56.8 Å². The maximum atomic E-state index is 12.0. The van der Waals surface area contributed by atoms with Crippen LogP contribution in [-0.2, 0) is 0 Å². The van der Waals surface area contributed by atoms with Crippen LogP contribution in [0, 0.1) is 0 Å². The SMILES string of the molecule is CCOc1c(C(=O)CNC)ccc(OC)c1OC. The average Bonchev–Trinajstić information content (AvgIpc) is 2.38. The predicted molar refractivity (Wildman–Crippen MR) is 69.0 cm³/mol. The number of rotatable bonds is 7. The van der Waals surface area contributed by atoms with Crippen LogP contribution in [0.15, 0.2) is 12.1 Å². The zero-order chi connectivity index (χ0) is 13.5. The van der Waals surface area contributed by atoms with Gasteiger partial charge in [-0.3, -0.25) is 4.79 Å². The second-order valence-corrected chi connectivity index (χ2v) is 3.56. The number of benzene rings is 1. The molecular weight excluding hydrogens is 234 g/mol. The fourth-order valence-electron chi connectivity index (χ4n) is 1.66. The Hall–Kier alpha value is -1.75. The Balaban J connectivity index is 3.29. The van der Waals surface area contributed by atoms with E-state index < -0.39 is 0 Å². The molecule has 100 valence electrons. The third-order valence-electron chi connectivity index (χ3n) is 2.43. The van der Waals surface area contributed by atoms with E-state index in [0.29, 0.717) is 29.4 Å². The summed E-state index contributed by atoms with van der Waals surface area (Å²) in [5.41, 5.74) is 0.490. The quantitative estimate of drug-likeness (QED) is 0.746. The predicted octanol–water partition coefficient (Wildman–Crippen LogP) is 1.50. The fourth-order valence-corrected chi connectivity index (χ4v) is 1.66. The number of ether oxygens (including phenoxy) is 3. The standard InChI is InChI=1S/C13H19NO4/c1-5-18-12-9(10(15)8-14-2)6-7-11(16-3)13(12)17-4/h6-7,14H,5,8H2,1-4H3. The second kappa shape index (κ2) is 6.86. The molecular formula is C13H19NO4. The first-order valence-electron chi connectivity index (χ1n) is 5.75. The molecule has 0 unspecified atom stereocenters. The van der Waals surface area contributed by atoms with E-state index >= 15 is 0 Å². The summed E-state index contributed by atoms with van der Waals surface area (Å²) < 4.78 is 16.0. The molecule has 0 fully saturated rings. The van der Waals surface area contributed by atoms with Crippen molar-refractivity contribution in [3.63, 3.8) is 0 Å². The maximum absolute atomic E-state index is 12.0. The first-order valence-corrected chi connectivity index (χ1v) is 5.75. The molecule has 0 atom stereocenters. The number of hydrogen-bond acceptors (Lipinski definition) is 5. The van der Waals surface area contributed by atoms with Crippen molar-refractivity contribution >= 4 is 5.78 Å². The van der Waals surface area contributed by atoms with Gasteiger partial charge in [-0.15, -0.1) is 0 Å². The molecule has 0 aliphatic rings. The van der Waals surface area contributed by atoms with Crippen molar-refractivity contribution in [2.24, 2.45) is 0 Å². The third-order valence-corrected chi connectivity index (χ3v) is 2.43. The second-order valence-electron chi connectivity index (χ2n) is 3.56. The van der Waals surface area contributed by atoms with Gasteiger partial charge in [0.25, 0.3) is 0 Å². The molecule has 1 aromatic carbocycles. The number of Topliss-reactive ketones (excluding diaryl/α,β-unsaturated/α-hetero) is 1. The largest absolute Gasteiger partial charge is 0.493 e. The molecule has 0 amide bonds. The van der Waals surface area contributed by atoms with Crippen LogP contribution < -0.4 is 19.5 Å². The zero-order valence-electron chi connectivity index (χ0n) is 11.2. The van der Waals surface area contributed by atoms with Gasteiger partial charge in [0.05, 0.1) is 32.9 Å². The summed E-state index contributed by atoms with van der Waals surface area (Å²) in [7, 11) is 4.79. The van der Waals surface area contributed by atoms with Gasteiger partial charge in [0, 0.05) is 0 Å². The van der Waals surface area contributed by atoms with Crippen molar-refractivity contribution in [1.29, 1.82) is 0 Å². The summed E-state index contributed by atoms with van der Waals surface area (Å²) in [5, 5.41) is 2.82. The molecule has 18 heavy (non-hydrogen) atoms. The lowest BCUT2D eigenvalue weighted by atomic mass is 10.1. The van der Waals surface area contributed by atoms with Crippen LogP contribution in [0.3, 0.4) is 0 Å². The Morgan fingerprint density at radius 2 is 1.94 bits per heavy atom. The van der Waals surface area contributed by atoms with Crippen LogP contribution in [0.25, 0.3) is 0 Å². The lowest BCUT2D eigenvalue weighted by Gasteiger charge is -2.16. The van der Waals surface area contributed by atoms with Crippen molar-refractivity contribution in [1.82, 2.24) is 5.32 Å². The Bertz CT molecular complexity index is 418. The molecule has 0 saturated heterocycles. The highest BCUT2D eigenvalue weighted by atomic mass is 16.5. The van der Waals surface area contributed by atoms with Crippen LogP contribution in [0.4, 0.5) is 0 Å². The molecule has 0 radical (unpaired) electrons. The molecule has 1 rings (SSSR count). The van der Waals surface area contributed by atoms with Crippen LogP contribution in [0.2, 0.25) is 0 Å². The summed E-state index contributed by atoms with van der Waals surface area (Å²) in [6.45, 7) is 2.55. The van der Waals surface area contributed by atoms with Crippen molar-refractivity contribution in [2.75, 3.05) is 34.4 Å². The molecule has 1 N–H and O–H groups in total. The van der Waals surface area contributed by atoms with E-state index in [2.05, 4.69) is 5.32 Å². The Kier molecular flexibility index (Phi) is 5.45. The minimum Gasteiger partial charge on any atom is -0.493 e. The Morgan fingerprint density at radius 3 is 2.44 bits per heavy atom. The molecule has 0 aromatic heterocycles. The number of hydrogen-bond donors (Lipinski definition) is 1. The van der Waals surface area contributed by atoms with E-state index in [9.17, 15) is 4.79 Å². The van der Waals surface area contributed by atoms with Crippen LogP contribution in [0.5, 0.6) is 17.2 Å². The molecule has 0 heterocycles. The van der Waals surface area contributed by atoms with Crippen molar-refractivity contribution < 1.29 is 19.0 Å². The smallest absolute Gasteiger partial charge is 0.204 e. The summed E-state index contributed by atoms with van der Waals surface area (Å²) in [6, 6.07) is 3.39. The molecule has 5 nitrogen and oxygen atoms in total. The number of nitrogens with one attached hydrogen (secondary N) is 1. The van der Waals surface area contributed by atoms with Gasteiger partial charge in [-0.2, -0.15) is 0 Å². The van der Waals surface area contributed by atoms with Crippen molar-refractivity contribution in [2.45, 2.75) is 6.92 Å². The highest BCUT2D eigenvalue weighted by Gasteiger charge is 2.20. The van der Waals surface area contributed by atoms with Gasteiger partial charge in [-0.25, -0.2) is 0 Å². The van der Waals surface area contributed by atoms with E-state index in [0.717, 1.165) is 0 Å². The van der Waals surface area contributed by atoms with Crippen LogP contribution in [-0.4, -0.2) is 40.2 Å². The van der Waals surface area contributed by atoms with Gasteiger partial charge in [-0.05, 0) is 26.1 Å². The van der Waals surface area contributed by atoms with Crippen LogP contribution >= 0.6 is 0 Å². The lowest BCUT2D eigenvalue weighted by Crippen LogP contribution is -2.19. The van der Waals surface area contributed by atoms with Gasteiger partial charge in [0.1, 0.15) is 0 Å². The molecule has 0 spiro atoms. The third kappa shape index (κ3) is 2.92. The van der Waals surface area contributed by atoms with E-state index in [4.69, 9.17) is 14.2 Å². The number of ketones is 1. The van der Waals surface area contributed by atoms with E-state index in [-0.39, 0.29) is 12.3 Å². The zero-order valence-corrected chi connectivity index (χ0v) is 11.2. The average molecular weight is 253 g/mol. The van der Waals surface area contributed by atoms with Gasteiger partial charge < -0.3 is 19.5 Å². The highest BCUT2D eigenvalue weighted by Crippen LogP contribution is 2.40. The monoisotopic (exact) mass is 253 g/mol. The summed E-state index contributed by atoms with van der Waals surface area (Å²) >= 11 is 0. The van der Waals surface area contributed by atoms with E-state index in [1.54, 1.807) is 26.3 Å². The number of methoxy groups -OCH3 is 2. The molecule has 1 aromatic rings. The number of likely N-dealkylation sites (N-methyl/N-ethyl adjacent to an activating group) is 1. The molecule has 5 heteroatoms. The summed E-state index contributed by atoms with van der Waals surface area (Å²) in [4.78, 5) is 12.0. The molecule has 0 aliphatic carbocycles. The van der Waals surface area contributed by atoms with Gasteiger partial charge in [0.2, 0.25) is 5.75 Å².